The molecule has 0 N–H and O–H groups in total. The summed E-state index contributed by atoms with van der Waals surface area (Å²) in [6.07, 6.45) is 0. The van der Waals surface area contributed by atoms with E-state index in [9.17, 15) is 0 Å². The van der Waals surface area contributed by atoms with Crippen molar-refractivity contribution >= 4 is 24.5 Å². The van der Waals surface area contributed by atoms with E-state index in [0.29, 0.717) is 0 Å². The van der Waals surface area contributed by atoms with Crippen LogP contribution < -0.4 is 4.44 Å². The third kappa shape index (κ3) is 1.93. The third-order valence-corrected chi connectivity index (χ3v) is 1.65. The average Bonchev–Trinajstić information content (AvgIpc) is 1.90. The van der Waals surface area contributed by atoms with Gasteiger partial charge in [-0.2, -0.15) is 0 Å². The number of nitrogens with zero attached hydrogens (tertiary/aromatic N) is 1. The van der Waals surface area contributed by atoms with Gasteiger partial charge in [0.15, 0.2) is 0 Å². The monoisotopic (exact) mass is 157 g/mol. The second kappa shape index (κ2) is 3.15. The minimum atomic E-state index is 1.17. The van der Waals surface area contributed by atoms with Crippen molar-refractivity contribution in [1.29, 1.82) is 0 Å². The van der Waals surface area contributed by atoms with Crippen LogP contribution in [0.1, 0.15) is 0 Å². The predicted molar refractivity (Wildman–Crippen MR) is 48.3 cm³/mol. The van der Waals surface area contributed by atoms with Crippen LogP contribution in [-0.4, -0.2) is 0 Å². The van der Waals surface area contributed by atoms with Crippen molar-refractivity contribution in [3.05, 3.63) is 30.3 Å². The zero-order valence-corrected chi connectivity index (χ0v) is 7.30. The first-order valence-corrected chi connectivity index (χ1v) is 3.68. The molecule has 0 aliphatic heterocycles. The summed E-state index contributed by atoms with van der Waals surface area (Å²) >= 11 is 0. The number of rotatable bonds is 1. The predicted octanol–water partition coefficient (Wildman–Crippen LogP) is 2.07. The normalized spacial score (nSPS) is 9.11. The Morgan fingerprint density at radius 3 is 1.89 bits per heavy atom. The molecule has 0 aliphatic carbocycles. The van der Waals surface area contributed by atoms with E-state index in [1.54, 1.807) is 0 Å². The molecule has 9 heavy (non-hydrogen) atoms. The Bertz CT molecular complexity index is 174. The van der Waals surface area contributed by atoms with Gasteiger partial charge in [0.25, 0.3) is 0 Å². The van der Waals surface area contributed by atoms with Crippen LogP contribution in [0.5, 0.6) is 0 Å². The lowest BCUT2D eigenvalue weighted by molar-refractivity contribution is 1.61. The molecule has 0 heterocycles. The summed E-state index contributed by atoms with van der Waals surface area (Å²) in [5, 5.41) is 0. The SMILES string of the molecule is PN(P)c1ccccc1. The summed E-state index contributed by atoms with van der Waals surface area (Å²) in [6, 6.07) is 10.1. The average molecular weight is 157 g/mol. The fourth-order valence-electron chi connectivity index (χ4n) is 0.600. The fraction of sp³-hybridized carbons (Fsp3) is 0. The second-order valence-electron chi connectivity index (χ2n) is 1.74. The fourth-order valence-corrected chi connectivity index (χ4v) is 0.944. The van der Waals surface area contributed by atoms with E-state index in [4.69, 9.17) is 0 Å². The molecule has 0 aliphatic rings. The molecule has 0 fully saturated rings. The summed E-state index contributed by atoms with van der Waals surface area (Å²) in [7, 11) is 5.14. The van der Waals surface area contributed by atoms with E-state index in [1.165, 1.54) is 5.69 Å². The molecule has 0 amide bonds. The van der Waals surface area contributed by atoms with Crippen molar-refractivity contribution in [2.24, 2.45) is 0 Å². The molecule has 0 saturated heterocycles. The minimum Gasteiger partial charge on any atom is -0.341 e. The molecule has 1 aromatic rings. The standard InChI is InChI=1S/C6H9NP2/c8-7(9)6-4-2-1-3-5-6/h1-5H,8-9H2. The van der Waals surface area contributed by atoms with Crippen LogP contribution in [0.3, 0.4) is 0 Å². The van der Waals surface area contributed by atoms with E-state index in [2.05, 4.69) is 18.8 Å². The van der Waals surface area contributed by atoms with Crippen molar-refractivity contribution in [2.75, 3.05) is 4.44 Å². The molecule has 1 rings (SSSR count). The molecule has 0 radical (unpaired) electrons. The molecule has 1 aromatic carbocycles. The highest BCUT2D eigenvalue weighted by atomic mass is 31.1. The largest absolute Gasteiger partial charge is 0.341 e. The van der Waals surface area contributed by atoms with Crippen LogP contribution in [0.4, 0.5) is 5.69 Å². The van der Waals surface area contributed by atoms with Gasteiger partial charge in [-0.25, -0.2) is 0 Å². The topological polar surface area (TPSA) is 3.24 Å². The molecule has 0 aromatic heterocycles. The van der Waals surface area contributed by atoms with Gasteiger partial charge in [-0.15, -0.1) is 0 Å². The maximum absolute atomic E-state index is 2.57. The number of hydrogen-bond donors (Lipinski definition) is 0. The van der Waals surface area contributed by atoms with Gasteiger partial charge >= 0.3 is 0 Å². The highest BCUT2D eigenvalue weighted by Gasteiger charge is 1.88. The van der Waals surface area contributed by atoms with Crippen molar-refractivity contribution < 1.29 is 0 Å². The van der Waals surface area contributed by atoms with E-state index < -0.39 is 0 Å². The molecule has 2 atom stereocenters. The summed E-state index contributed by atoms with van der Waals surface area (Å²) in [4.78, 5) is 0. The Morgan fingerprint density at radius 1 is 1.00 bits per heavy atom. The van der Waals surface area contributed by atoms with Crippen LogP contribution in [0.15, 0.2) is 30.3 Å². The van der Waals surface area contributed by atoms with Crippen molar-refractivity contribution in [3.63, 3.8) is 0 Å². The lowest BCUT2D eigenvalue weighted by Gasteiger charge is -2.09. The first-order valence-electron chi connectivity index (χ1n) is 2.65. The second-order valence-corrected chi connectivity index (χ2v) is 3.45. The van der Waals surface area contributed by atoms with Gasteiger partial charge in [0.05, 0.1) is 0 Å². The third-order valence-electron chi connectivity index (χ3n) is 1.05. The molecule has 1 nitrogen and oxygen atoms in total. The number of para-hydroxylation sites is 1. The van der Waals surface area contributed by atoms with Gasteiger partial charge in [-0.1, -0.05) is 18.2 Å². The highest BCUT2D eigenvalue weighted by molar-refractivity contribution is 7.39. The lowest BCUT2D eigenvalue weighted by Crippen LogP contribution is -1.86. The number of benzene rings is 1. The van der Waals surface area contributed by atoms with Crippen LogP contribution in [0.25, 0.3) is 0 Å². The van der Waals surface area contributed by atoms with Crippen LogP contribution in [0, 0.1) is 0 Å². The lowest BCUT2D eigenvalue weighted by atomic mass is 10.3. The minimum absolute atomic E-state index is 1.17. The van der Waals surface area contributed by atoms with Gasteiger partial charge in [0.1, 0.15) is 0 Å². The molecular formula is C6H9NP2. The van der Waals surface area contributed by atoms with E-state index in [0.717, 1.165) is 0 Å². The Kier molecular flexibility index (Phi) is 2.45. The Hall–Kier alpha value is -0.120. The maximum atomic E-state index is 2.57. The summed E-state index contributed by atoms with van der Waals surface area (Å²) < 4.78 is 1.92. The molecule has 0 bridgehead atoms. The zero-order valence-electron chi connectivity index (χ0n) is 4.99. The summed E-state index contributed by atoms with van der Waals surface area (Å²) in [5.74, 6) is 0. The van der Waals surface area contributed by atoms with Crippen LogP contribution in [-0.2, 0) is 0 Å². The van der Waals surface area contributed by atoms with Gasteiger partial charge < -0.3 is 4.44 Å². The van der Waals surface area contributed by atoms with Crippen molar-refractivity contribution in [2.45, 2.75) is 0 Å². The van der Waals surface area contributed by atoms with Gasteiger partial charge in [0.2, 0.25) is 0 Å². The molecule has 2 unspecified atom stereocenters. The molecule has 0 spiro atoms. The highest BCUT2D eigenvalue weighted by Crippen LogP contribution is 2.20. The Balaban J connectivity index is 2.85. The smallest absolute Gasteiger partial charge is 0.0423 e. The van der Waals surface area contributed by atoms with Gasteiger partial charge in [-0.05, 0) is 30.9 Å². The summed E-state index contributed by atoms with van der Waals surface area (Å²) in [6.45, 7) is 0. The van der Waals surface area contributed by atoms with E-state index in [-0.39, 0.29) is 0 Å². The first-order chi connectivity index (χ1) is 4.30. The number of anilines is 1. The maximum Gasteiger partial charge on any atom is 0.0423 e. The molecule has 48 valence electrons. The van der Waals surface area contributed by atoms with Gasteiger partial charge in [-0.3, -0.25) is 0 Å². The first kappa shape index (κ1) is 6.99. The van der Waals surface area contributed by atoms with Crippen molar-refractivity contribution in [3.8, 4) is 0 Å². The quantitative estimate of drug-likeness (QED) is 0.564. The van der Waals surface area contributed by atoms with Crippen LogP contribution >= 0.6 is 18.8 Å². The zero-order chi connectivity index (χ0) is 6.69. The van der Waals surface area contributed by atoms with Crippen LogP contribution in [0.2, 0.25) is 0 Å². The molecular weight excluding hydrogens is 148 g/mol. The summed E-state index contributed by atoms with van der Waals surface area (Å²) in [5.41, 5.74) is 1.17. The Labute approximate surface area is 60.0 Å². The van der Waals surface area contributed by atoms with E-state index in [1.807, 2.05) is 34.8 Å². The number of hydrogen-bond acceptors (Lipinski definition) is 1. The molecule has 3 heteroatoms. The van der Waals surface area contributed by atoms with Gasteiger partial charge in [0, 0.05) is 5.69 Å². The molecule has 0 saturated carbocycles. The van der Waals surface area contributed by atoms with E-state index >= 15 is 0 Å². The Morgan fingerprint density at radius 2 is 1.56 bits per heavy atom. The van der Waals surface area contributed by atoms with Crippen molar-refractivity contribution in [1.82, 2.24) is 0 Å².